The van der Waals surface area contributed by atoms with Crippen LogP contribution in [0.2, 0.25) is 0 Å². The Morgan fingerprint density at radius 2 is 2.12 bits per heavy atom. The van der Waals surface area contributed by atoms with Gasteiger partial charge in [0, 0.05) is 18.4 Å². The molecule has 0 radical (unpaired) electrons. The number of para-hydroxylation sites is 1. The lowest BCUT2D eigenvalue weighted by Gasteiger charge is -2.33. The molecule has 0 aliphatic carbocycles. The number of morpholine rings is 1. The molecule has 1 aliphatic rings. The number of ether oxygens (including phenoxy) is 1. The van der Waals surface area contributed by atoms with Crippen molar-refractivity contribution in [3.05, 3.63) is 40.7 Å². The second-order valence-corrected chi connectivity index (χ2v) is 5.52. The van der Waals surface area contributed by atoms with Crippen molar-refractivity contribution in [3.8, 4) is 0 Å². The minimum atomic E-state index is -1.07. The van der Waals surface area contributed by atoms with Gasteiger partial charge in [0.15, 0.2) is 6.04 Å². The van der Waals surface area contributed by atoms with Gasteiger partial charge in [-0.05, 0) is 12.1 Å². The number of carboxylic acid groups (broad SMARTS) is 1. The fourth-order valence-corrected chi connectivity index (χ4v) is 2.79. The van der Waals surface area contributed by atoms with Gasteiger partial charge in [0.1, 0.15) is 0 Å². The van der Waals surface area contributed by atoms with Gasteiger partial charge in [-0.1, -0.05) is 12.1 Å². The van der Waals surface area contributed by atoms with E-state index in [0.717, 1.165) is 0 Å². The van der Waals surface area contributed by atoms with Crippen molar-refractivity contribution < 1.29 is 19.4 Å². The normalized spacial score (nSPS) is 17.8. The van der Waals surface area contributed by atoms with Crippen molar-refractivity contribution in [2.45, 2.75) is 19.0 Å². The quantitative estimate of drug-likeness (QED) is 0.852. The van der Waals surface area contributed by atoms with Crippen LogP contribution in [0.25, 0.3) is 10.9 Å². The number of carboxylic acids is 1. The maximum atomic E-state index is 12.4. The van der Waals surface area contributed by atoms with E-state index in [0.29, 0.717) is 17.5 Å². The number of hydrogen-bond donors (Lipinski definition) is 1. The molecule has 2 heterocycles. The van der Waals surface area contributed by atoms with E-state index in [9.17, 15) is 19.5 Å². The maximum absolute atomic E-state index is 12.4. The molecule has 2 aromatic rings. The molecule has 0 spiro atoms. The number of hydrogen-bond acceptors (Lipinski definition) is 5. The minimum Gasteiger partial charge on any atom is -0.480 e. The molecule has 1 atom stereocenters. The van der Waals surface area contributed by atoms with Crippen LogP contribution in [0.1, 0.15) is 6.42 Å². The summed E-state index contributed by atoms with van der Waals surface area (Å²) in [7, 11) is 0. The van der Waals surface area contributed by atoms with Gasteiger partial charge in [-0.15, -0.1) is 0 Å². The molecular formula is C16H17N3O5. The number of fused-ring (bicyclic) bond motifs is 1. The van der Waals surface area contributed by atoms with Gasteiger partial charge in [0.2, 0.25) is 11.3 Å². The van der Waals surface area contributed by atoms with Crippen LogP contribution in [0.15, 0.2) is 35.3 Å². The summed E-state index contributed by atoms with van der Waals surface area (Å²) < 4.78 is 6.72. The summed E-state index contributed by atoms with van der Waals surface area (Å²) >= 11 is 0. The Morgan fingerprint density at radius 1 is 1.33 bits per heavy atom. The van der Waals surface area contributed by atoms with E-state index in [1.165, 1.54) is 11.1 Å². The van der Waals surface area contributed by atoms with Gasteiger partial charge in [0.05, 0.1) is 31.5 Å². The zero-order valence-corrected chi connectivity index (χ0v) is 12.9. The molecule has 1 aromatic heterocycles. The fourth-order valence-electron chi connectivity index (χ4n) is 2.79. The van der Waals surface area contributed by atoms with Gasteiger partial charge >= 0.3 is 5.97 Å². The second-order valence-electron chi connectivity index (χ2n) is 5.52. The Kier molecular flexibility index (Phi) is 4.57. The van der Waals surface area contributed by atoms with E-state index in [1.807, 2.05) is 0 Å². The molecule has 1 amide bonds. The topological polar surface area (TPSA) is 102 Å². The van der Waals surface area contributed by atoms with Gasteiger partial charge in [-0.3, -0.25) is 14.3 Å². The van der Waals surface area contributed by atoms with Gasteiger partial charge in [-0.25, -0.2) is 4.79 Å². The number of carbonyl (C=O) groups excluding carboxylic acids is 1. The van der Waals surface area contributed by atoms with Crippen LogP contribution >= 0.6 is 0 Å². The summed E-state index contributed by atoms with van der Waals surface area (Å²) in [5.41, 5.74) is 0.474. The van der Waals surface area contributed by atoms with Crippen LogP contribution in [0.5, 0.6) is 0 Å². The average Bonchev–Trinajstić information content (AvgIpc) is 2.61. The number of rotatable bonds is 4. The molecule has 3 rings (SSSR count). The predicted molar refractivity (Wildman–Crippen MR) is 84.6 cm³/mol. The molecule has 8 heteroatoms. The van der Waals surface area contributed by atoms with Crippen molar-refractivity contribution in [1.29, 1.82) is 0 Å². The number of aromatic nitrogens is 2. The molecule has 0 unspecified atom stereocenters. The zero-order chi connectivity index (χ0) is 17.1. The fraction of sp³-hybridized carbons (Fsp3) is 0.375. The lowest BCUT2D eigenvalue weighted by Crippen LogP contribution is -2.52. The van der Waals surface area contributed by atoms with E-state index in [-0.39, 0.29) is 37.5 Å². The molecule has 126 valence electrons. The number of carbonyl (C=O) groups is 2. The van der Waals surface area contributed by atoms with E-state index >= 15 is 0 Å². The first-order valence-electron chi connectivity index (χ1n) is 7.63. The van der Waals surface area contributed by atoms with Gasteiger partial charge in [0.25, 0.3) is 0 Å². The summed E-state index contributed by atoms with van der Waals surface area (Å²) in [6.45, 7) is 0.854. The van der Waals surface area contributed by atoms with Crippen LogP contribution in [-0.2, 0) is 20.9 Å². The molecule has 0 saturated carbocycles. The van der Waals surface area contributed by atoms with Crippen molar-refractivity contribution in [2.24, 2.45) is 0 Å². The number of nitrogens with zero attached hydrogens (tertiary/aromatic N) is 3. The third kappa shape index (κ3) is 3.13. The molecule has 8 nitrogen and oxygen atoms in total. The number of amides is 1. The highest BCUT2D eigenvalue weighted by Crippen LogP contribution is 2.12. The summed E-state index contributed by atoms with van der Waals surface area (Å²) in [5.74, 6) is -1.34. The van der Waals surface area contributed by atoms with E-state index in [1.54, 1.807) is 28.9 Å². The Morgan fingerprint density at radius 3 is 2.92 bits per heavy atom. The number of benzene rings is 1. The summed E-state index contributed by atoms with van der Waals surface area (Å²) in [6.07, 6.45) is 1.32. The third-order valence-electron chi connectivity index (χ3n) is 4.03. The SMILES string of the molecule is O=C(O)[C@@H]1COCCN1C(=O)CCn1ncc(=O)c2ccccc21. The monoisotopic (exact) mass is 331 g/mol. The van der Waals surface area contributed by atoms with Crippen molar-refractivity contribution in [3.63, 3.8) is 0 Å². The lowest BCUT2D eigenvalue weighted by atomic mass is 10.2. The molecule has 1 aromatic carbocycles. The second kappa shape index (κ2) is 6.79. The molecule has 1 saturated heterocycles. The number of aryl methyl sites for hydroxylation is 1. The highest BCUT2D eigenvalue weighted by atomic mass is 16.5. The predicted octanol–water partition coefficient (Wildman–Crippen LogP) is 0.0986. The van der Waals surface area contributed by atoms with Crippen LogP contribution in [0, 0.1) is 0 Å². The first-order valence-corrected chi connectivity index (χ1v) is 7.63. The van der Waals surface area contributed by atoms with E-state index < -0.39 is 12.0 Å². The third-order valence-corrected chi connectivity index (χ3v) is 4.03. The summed E-state index contributed by atoms with van der Waals surface area (Å²) in [4.78, 5) is 36.8. The lowest BCUT2D eigenvalue weighted by molar-refractivity contribution is -0.158. The minimum absolute atomic E-state index is 0.000273. The van der Waals surface area contributed by atoms with Crippen molar-refractivity contribution >= 4 is 22.8 Å². The highest BCUT2D eigenvalue weighted by molar-refractivity contribution is 5.84. The first-order chi connectivity index (χ1) is 11.6. The van der Waals surface area contributed by atoms with E-state index in [2.05, 4.69) is 5.10 Å². The van der Waals surface area contributed by atoms with Crippen LogP contribution in [0.3, 0.4) is 0 Å². The average molecular weight is 331 g/mol. The number of aliphatic carboxylic acids is 1. The largest absolute Gasteiger partial charge is 0.480 e. The molecule has 1 fully saturated rings. The van der Waals surface area contributed by atoms with Gasteiger partial charge < -0.3 is 14.7 Å². The van der Waals surface area contributed by atoms with Gasteiger partial charge in [-0.2, -0.15) is 5.10 Å². The Balaban J connectivity index is 1.76. The van der Waals surface area contributed by atoms with Crippen LogP contribution in [-0.4, -0.2) is 57.5 Å². The Labute approximate surface area is 137 Å². The smallest absolute Gasteiger partial charge is 0.328 e. The Hall–Kier alpha value is -2.74. The highest BCUT2D eigenvalue weighted by Gasteiger charge is 2.32. The van der Waals surface area contributed by atoms with E-state index in [4.69, 9.17) is 4.74 Å². The molecular weight excluding hydrogens is 314 g/mol. The summed E-state index contributed by atoms with van der Waals surface area (Å²) in [6, 6.07) is 6.09. The standard InChI is InChI=1S/C16H17N3O5/c20-14-9-17-19(12-4-2-1-3-11(12)14)6-5-15(21)18-7-8-24-10-13(18)16(22)23/h1-4,9,13H,5-8,10H2,(H,22,23)/t13-/m0/s1. The molecule has 0 bridgehead atoms. The van der Waals surface area contributed by atoms with Crippen molar-refractivity contribution in [1.82, 2.24) is 14.7 Å². The first kappa shape index (κ1) is 16.1. The molecule has 1 aliphatic heterocycles. The molecule has 24 heavy (non-hydrogen) atoms. The Bertz CT molecular complexity index is 832. The molecule has 1 N–H and O–H groups in total. The summed E-state index contributed by atoms with van der Waals surface area (Å²) in [5, 5.41) is 13.8. The van der Waals surface area contributed by atoms with Crippen LogP contribution in [0.4, 0.5) is 0 Å². The maximum Gasteiger partial charge on any atom is 0.328 e. The van der Waals surface area contributed by atoms with Crippen LogP contribution < -0.4 is 5.43 Å². The zero-order valence-electron chi connectivity index (χ0n) is 12.9. The van der Waals surface area contributed by atoms with Crippen molar-refractivity contribution in [2.75, 3.05) is 19.8 Å².